The summed E-state index contributed by atoms with van der Waals surface area (Å²) in [5.74, 6) is 1.46. The molecule has 0 N–H and O–H groups in total. The average Bonchev–Trinajstić information content (AvgIpc) is 1.68. The van der Waals surface area contributed by atoms with Crippen LogP contribution < -0.4 is 0 Å². The number of Topliss-reactive ketones (excluding diaryl/α,β-unsaturated/α-hetero) is 1. The molecule has 0 aliphatic heterocycles. The highest BCUT2D eigenvalue weighted by Gasteiger charge is 2.31. The third kappa shape index (κ3) is 0.561. The van der Waals surface area contributed by atoms with Gasteiger partial charge < -0.3 is 0 Å². The zero-order valence-corrected chi connectivity index (χ0v) is 4.77. The number of hydrogen-bond donors (Lipinski definition) is 0. The van der Waals surface area contributed by atoms with Gasteiger partial charge in [-0.15, -0.1) is 0 Å². The fraction of sp³-hybridized carbons (Fsp3) is 0.833. The Kier molecular flexibility index (Phi) is 0.911. The van der Waals surface area contributed by atoms with Crippen LogP contribution in [0.2, 0.25) is 0 Å². The van der Waals surface area contributed by atoms with Crippen molar-refractivity contribution in [1.82, 2.24) is 0 Å². The predicted octanol–water partition coefficient (Wildman–Crippen LogP) is 1.23. The minimum atomic E-state index is 0.361. The Morgan fingerprint density at radius 2 is 2.14 bits per heavy atom. The first-order valence-corrected chi connectivity index (χ1v) is 2.74. The molecule has 40 valence electrons. The topological polar surface area (TPSA) is 17.1 Å². The van der Waals surface area contributed by atoms with E-state index in [2.05, 4.69) is 6.92 Å². The Balaban J connectivity index is 2.43. The lowest BCUT2D eigenvalue weighted by Gasteiger charge is -2.27. The summed E-state index contributed by atoms with van der Waals surface area (Å²) in [6.45, 7) is 4.11. The van der Waals surface area contributed by atoms with Gasteiger partial charge in [0.15, 0.2) is 0 Å². The number of carbonyl (C=O) groups is 1. The molecule has 1 rings (SSSR count). The van der Waals surface area contributed by atoms with E-state index >= 15 is 0 Å². The maximum absolute atomic E-state index is 10.4. The molecule has 1 saturated carbocycles. The standard InChI is InChI=1S/C6H10O/c1-4-3-6(7)5(4)2/h4-5H,3H2,1-2H3/t4-,5-/m1/s1. The fourth-order valence-corrected chi connectivity index (χ4v) is 0.837. The highest BCUT2D eigenvalue weighted by atomic mass is 16.1. The van der Waals surface area contributed by atoms with Crippen LogP contribution in [0.1, 0.15) is 20.3 Å². The van der Waals surface area contributed by atoms with Crippen LogP contribution in [-0.2, 0) is 4.79 Å². The first-order chi connectivity index (χ1) is 3.22. The lowest BCUT2D eigenvalue weighted by atomic mass is 9.75. The smallest absolute Gasteiger partial charge is 0.136 e. The van der Waals surface area contributed by atoms with Crippen molar-refractivity contribution in [3.05, 3.63) is 0 Å². The van der Waals surface area contributed by atoms with E-state index in [9.17, 15) is 4.79 Å². The van der Waals surface area contributed by atoms with Crippen LogP contribution in [0.3, 0.4) is 0 Å². The molecule has 0 heterocycles. The number of rotatable bonds is 0. The third-order valence-corrected chi connectivity index (χ3v) is 1.88. The Labute approximate surface area is 43.7 Å². The SMILES string of the molecule is C[C@@H]1CC(=O)[C@@H]1C. The molecule has 0 radical (unpaired) electrons. The van der Waals surface area contributed by atoms with Gasteiger partial charge in [0.1, 0.15) is 5.78 Å². The van der Waals surface area contributed by atoms with Crippen molar-refractivity contribution in [1.29, 1.82) is 0 Å². The van der Waals surface area contributed by atoms with Gasteiger partial charge in [0.2, 0.25) is 0 Å². The molecule has 0 aromatic rings. The summed E-state index contributed by atoms with van der Waals surface area (Å²) in [7, 11) is 0. The van der Waals surface area contributed by atoms with Crippen LogP contribution in [0.5, 0.6) is 0 Å². The van der Waals surface area contributed by atoms with E-state index in [1.54, 1.807) is 0 Å². The van der Waals surface area contributed by atoms with Gasteiger partial charge in [-0.3, -0.25) is 4.79 Å². The molecule has 0 unspecified atom stereocenters. The van der Waals surface area contributed by atoms with Crippen molar-refractivity contribution in [3.8, 4) is 0 Å². The minimum absolute atomic E-state index is 0.361. The second-order valence-corrected chi connectivity index (χ2v) is 2.44. The van der Waals surface area contributed by atoms with E-state index in [1.807, 2.05) is 6.92 Å². The van der Waals surface area contributed by atoms with Crippen molar-refractivity contribution in [2.24, 2.45) is 11.8 Å². The van der Waals surface area contributed by atoms with E-state index in [0.29, 0.717) is 17.6 Å². The maximum atomic E-state index is 10.4. The van der Waals surface area contributed by atoms with Crippen LogP contribution in [0.4, 0.5) is 0 Å². The van der Waals surface area contributed by atoms with E-state index in [1.165, 1.54) is 0 Å². The summed E-state index contributed by atoms with van der Waals surface area (Å²) in [5, 5.41) is 0. The molecule has 0 aromatic heterocycles. The summed E-state index contributed by atoms with van der Waals surface area (Å²) in [4.78, 5) is 10.4. The van der Waals surface area contributed by atoms with Crippen molar-refractivity contribution < 1.29 is 4.79 Å². The van der Waals surface area contributed by atoms with Crippen LogP contribution in [0.25, 0.3) is 0 Å². The van der Waals surface area contributed by atoms with Crippen molar-refractivity contribution in [2.75, 3.05) is 0 Å². The maximum Gasteiger partial charge on any atom is 0.136 e. The van der Waals surface area contributed by atoms with Crippen LogP contribution >= 0.6 is 0 Å². The molecule has 1 fully saturated rings. The van der Waals surface area contributed by atoms with E-state index in [-0.39, 0.29) is 0 Å². The Morgan fingerprint density at radius 3 is 2.14 bits per heavy atom. The molecule has 0 aromatic carbocycles. The second-order valence-electron chi connectivity index (χ2n) is 2.44. The van der Waals surface area contributed by atoms with Crippen molar-refractivity contribution in [2.45, 2.75) is 20.3 Å². The van der Waals surface area contributed by atoms with Crippen molar-refractivity contribution in [3.63, 3.8) is 0 Å². The summed E-state index contributed by atoms with van der Waals surface area (Å²) >= 11 is 0. The van der Waals surface area contributed by atoms with Gasteiger partial charge in [-0.1, -0.05) is 13.8 Å². The van der Waals surface area contributed by atoms with E-state index in [0.717, 1.165) is 6.42 Å². The molecule has 1 nitrogen and oxygen atoms in total. The molecular formula is C6H10O. The summed E-state index contributed by atoms with van der Waals surface area (Å²) in [5.41, 5.74) is 0. The molecule has 0 amide bonds. The average molecular weight is 98.1 g/mol. The molecule has 0 spiro atoms. The van der Waals surface area contributed by atoms with Gasteiger partial charge in [-0.25, -0.2) is 0 Å². The van der Waals surface area contributed by atoms with E-state index in [4.69, 9.17) is 0 Å². The molecular weight excluding hydrogens is 88.1 g/mol. The molecule has 7 heavy (non-hydrogen) atoms. The van der Waals surface area contributed by atoms with Crippen LogP contribution in [0, 0.1) is 11.8 Å². The molecule has 1 aliphatic carbocycles. The van der Waals surface area contributed by atoms with Gasteiger partial charge in [-0.2, -0.15) is 0 Å². The second kappa shape index (κ2) is 1.32. The number of carbonyl (C=O) groups excluding carboxylic acids is 1. The highest BCUT2D eigenvalue weighted by molar-refractivity contribution is 5.86. The monoisotopic (exact) mass is 98.1 g/mol. The van der Waals surface area contributed by atoms with Gasteiger partial charge >= 0.3 is 0 Å². The Morgan fingerprint density at radius 1 is 1.57 bits per heavy atom. The van der Waals surface area contributed by atoms with E-state index < -0.39 is 0 Å². The lowest BCUT2D eigenvalue weighted by molar-refractivity contribution is -0.132. The fourth-order valence-electron chi connectivity index (χ4n) is 0.837. The normalized spacial score (nSPS) is 40.6. The molecule has 1 aliphatic rings. The quantitative estimate of drug-likeness (QED) is 0.445. The minimum Gasteiger partial charge on any atom is -0.299 e. The van der Waals surface area contributed by atoms with Crippen LogP contribution in [-0.4, -0.2) is 5.78 Å². The molecule has 2 atom stereocenters. The van der Waals surface area contributed by atoms with Gasteiger partial charge in [0.25, 0.3) is 0 Å². The van der Waals surface area contributed by atoms with Gasteiger partial charge in [-0.05, 0) is 5.92 Å². The van der Waals surface area contributed by atoms with Gasteiger partial charge in [0.05, 0.1) is 0 Å². The molecule has 0 saturated heterocycles. The predicted molar refractivity (Wildman–Crippen MR) is 28.0 cm³/mol. The van der Waals surface area contributed by atoms with Crippen molar-refractivity contribution >= 4 is 5.78 Å². The van der Waals surface area contributed by atoms with Gasteiger partial charge in [0, 0.05) is 12.3 Å². The Hall–Kier alpha value is -0.330. The number of ketones is 1. The first kappa shape index (κ1) is 4.82. The summed E-state index contributed by atoms with van der Waals surface area (Å²) in [6, 6.07) is 0. The number of hydrogen-bond acceptors (Lipinski definition) is 1. The molecule has 0 bridgehead atoms. The largest absolute Gasteiger partial charge is 0.299 e. The Bertz CT molecular complexity index is 96.4. The molecule has 1 heteroatoms. The highest BCUT2D eigenvalue weighted by Crippen LogP contribution is 2.28. The summed E-state index contributed by atoms with van der Waals surface area (Å²) < 4.78 is 0. The zero-order chi connectivity index (χ0) is 5.44. The third-order valence-electron chi connectivity index (χ3n) is 1.88. The zero-order valence-electron chi connectivity index (χ0n) is 4.77. The lowest BCUT2D eigenvalue weighted by Crippen LogP contribution is -2.32. The van der Waals surface area contributed by atoms with Crippen LogP contribution in [0.15, 0.2) is 0 Å². The summed E-state index contributed by atoms with van der Waals surface area (Å²) in [6.07, 6.45) is 0.821. The first-order valence-electron chi connectivity index (χ1n) is 2.74.